The minimum absolute atomic E-state index is 0.0202. The van der Waals surface area contributed by atoms with E-state index in [2.05, 4.69) is 4.99 Å². The molecule has 2 aliphatic carbocycles. The Morgan fingerprint density at radius 3 is 2.48 bits per heavy atom. The second-order valence-electron chi connectivity index (χ2n) is 7.41. The Hall–Kier alpha value is -1.61. The molecule has 1 fully saturated rings. The molecular weight excluding hydrogens is 310 g/mol. The number of allylic oxidation sites excluding steroid dienone is 2. The van der Waals surface area contributed by atoms with Gasteiger partial charge in [0.2, 0.25) is 0 Å². The van der Waals surface area contributed by atoms with Gasteiger partial charge in [-0.1, -0.05) is 37.6 Å². The maximum atomic E-state index is 12.3. The Bertz CT molecular complexity index is 669. The van der Waals surface area contributed by atoms with Crippen molar-refractivity contribution in [2.45, 2.75) is 45.6 Å². The fourth-order valence-corrected chi connectivity index (χ4v) is 3.28. The molecule has 1 saturated carbocycles. The fraction of sp³-hybridized carbons (Fsp3) is 0.474. The van der Waals surface area contributed by atoms with Crippen LogP contribution in [0.5, 0.6) is 0 Å². The first kappa shape index (κ1) is 16.3. The number of hydrogen-bond donors (Lipinski definition) is 1. The van der Waals surface area contributed by atoms with Crippen LogP contribution in [-0.4, -0.2) is 17.1 Å². The third kappa shape index (κ3) is 3.84. The highest BCUT2D eigenvalue weighted by Gasteiger charge is 2.34. The van der Waals surface area contributed by atoms with Crippen LogP contribution >= 0.6 is 11.6 Å². The number of aliphatic hydroxyl groups excluding tert-OH is 1. The third-order valence-corrected chi connectivity index (χ3v) is 4.79. The van der Waals surface area contributed by atoms with E-state index in [0.29, 0.717) is 29.4 Å². The second-order valence-corrected chi connectivity index (χ2v) is 7.85. The summed E-state index contributed by atoms with van der Waals surface area (Å²) >= 11 is 5.95. The van der Waals surface area contributed by atoms with Crippen LogP contribution in [0.15, 0.2) is 40.6 Å². The minimum atomic E-state index is -0.176. The monoisotopic (exact) mass is 331 g/mol. The Labute approximate surface area is 142 Å². The summed E-state index contributed by atoms with van der Waals surface area (Å²) in [7, 11) is 0. The molecule has 0 amide bonds. The smallest absolute Gasteiger partial charge is 0.168 e. The minimum Gasteiger partial charge on any atom is -0.511 e. The zero-order chi connectivity index (χ0) is 16.6. The van der Waals surface area contributed by atoms with Crippen LogP contribution in [0.2, 0.25) is 5.02 Å². The number of ketones is 1. The molecule has 4 heteroatoms. The summed E-state index contributed by atoms with van der Waals surface area (Å²) in [6, 6.07) is 7.75. The summed E-state index contributed by atoms with van der Waals surface area (Å²) in [6.07, 6.45) is 4.86. The Morgan fingerprint density at radius 2 is 1.91 bits per heavy atom. The van der Waals surface area contributed by atoms with Crippen LogP contribution in [0.3, 0.4) is 0 Å². The SMILES string of the molecule is CC1(C)CC(=O)C(C=NC(c2ccc(Cl)cc2)C2CC2)=C(O)C1. The van der Waals surface area contributed by atoms with Gasteiger partial charge in [-0.3, -0.25) is 9.79 Å². The second kappa shape index (κ2) is 6.12. The highest BCUT2D eigenvalue weighted by atomic mass is 35.5. The van der Waals surface area contributed by atoms with Crippen LogP contribution in [-0.2, 0) is 4.79 Å². The van der Waals surface area contributed by atoms with Crippen molar-refractivity contribution in [3.05, 3.63) is 46.2 Å². The van der Waals surface area contributed by atoms with Gasteiger partial charge in [0.05, 0.1) is 11.6 Å². The standard InChI is InChI=1S/C19H22ClNO2/c1-19(2)9-16(22)15(17(23)10-19)11-21-18(12-3-4-12)13-5-7-14(20)8-6-13/h5-8,11-12,18,22H,3-4,9-10H2,1-2H3. The van der Waals surface area contributed by atoms with E-state index in [9.17, 15) is 9.90 Å². The summed E-state index contributed by atoms with van der Waals surface area (Å²) in [5.41, 5.74) is 1.31. The molecular formula is C19H22ClNO2. The lowest BCUT2D eigenvalue weighted by Gasteiger charge is -2.28. The normalized spacial score (nSPS) is 22.7. The van der Waals surface area contributed by atoms with E-state index >= 15 is 0 Å². The number of halogens is 1. The van der Waals surface area contributed by atoms with Gasteiger partial charge in [0.15, 0.2) is 5.78 Å². The van der Waals surface area contributed by atoms with Gasteiger partial charge in [0.25, 0.3) is 0 Å². The molecule has 0 spiro atoms. The number of nitrogens with zero attached hydrogens (tertiary/aromatic N) is 1. The number of aliphatic imine (C=N–C) groups is 1. The molecule has 122 valence electrons. The lowest BCUT2D eigenvalue weighted by Crippen LogP contribution is -2.26. The number of benzene rings is 1. The lowest BCUT2D eigenvalue weighted by atomic mass is 9.77. The van der Waals surface area contributed by atoms with E-state index in [1.807, 2.05) is 38.1 Å². The first-order chi connectivity index (χ1) is 10.9. The van der Waals surface area contributed by atoms with Gasteiger partial charge >= 0.3 is 0 Å². The van der Waals surface area contributed by atoms with Gasteiger partial charge in [-0.25, -0.2) is 0 Å². The van der Waals surface area contributed by atoms with Gasteiger partial charge in [0, 0.05) is 24.1 Å². The van der Waals surface area contributed by atoms with Crippen LogP contribution < -0.4 is 0 Å². The van der Waals surface area contributed by atoms with Crippen molar-refractivity contribution in [3.8, 4) is 0 Å². The van der Waals surface area contributed by atoms with E-state index in [1.165, 1.54) is 0 Å². The molecule has 0 radical (unpaired) electrons. The van der Waals surface area contributed by atoms with Gasteiger partial charge in [0.1, 0.15) is 5.76 Å². The highest BCUT2D eigenvalue weighted by Crippen LogP contribution is 2.44. The molecule has 0 bridgehead atoms. The topological polar surface area (TPSA) is 49.7 Å². The van der Waals surface area contributed by atoms with E-state index in [-0.39, 0.29) is 23.0 Å². The maximum absolute atomic E-state index is 12.3. The first-order valence-corrected chi connectivity index (χ1v) is 8.47. The average molecular weight is 332 g/mol. The van der Waals surface area contributed by atoms with Gasteiger partial charge in [-0.05, 0) is 41.9 Å². The van der Waals surface area contributed by atoms with Gasteiger partial charge < -0.3 is 5.11 Å². The van der Waals surface area contributed by atoms with Crippen LogP contribution in [0.1, 0.15) is 51.1 Å². The van der Waals surface area contributed by atoms with E-state index in [0.717, 1.165) is 18.4 Å². The van der Waals surface area contributed by atoms with Crippen molar-refractivity contribution in [1.29, 1.82) is 0 Å². The average Bonchev–Trinajstić information content (AvgIpc) is 3.27. The van der Waals surface area contributed by atoms with Crippen molar-refractivity contribution in [1.82, 2.24) is 0 Å². The number of hydrogen-bond acceptors (Lipinski definition) is 3. The predicted octanol–water partition coefficient (Wildman–Crippen LogP) is 5.06. The molecule has 0 aromatic heterocycles. The molecule has 3 nitrogen and oxygen atoms in total. The van der Waals surface area contributed by atoms with Crippen molar-refractivity contribution >= 4 is 23.6 Å². The van der Waals surface area contributed by atoms with Crippen LogP contribution in [0.4, 0.5) is 0 Å². The zero-order valence-electron chi connectivity index (χ0n) is 13.6. The van der Waals surface area contributed by atoms with E-state index in [4.69, 9.17) is 11.6 Å². The predicted molar refractivity (Wildman–Crippen MR) is 93.1 cm³/mol. The largest absolute Gasteiger partial charge is 0.511 e. The molecule has 0 aliphatic heterocycles. The van der Waals surface area contributed by atoms with E-state index in [1.54, 1.807) is 6.21 Å². The molecule has 1 unspecified atom stereocenters. The first-order valence-electron chi connectivity index (χ1n) is 8.10. The summed E-state index contributed by atoms with van der Waals surface area (Å²) in [5.74, 6) is 0.666. The summed E-state index contributed by atoms with van der Waals surface area (Å²) < 4.78 is 0. The molecule has 1 aromatic rings. The zero-order valence-corrected chi connectivity index (χ0v) is 14.3. The van der Waals surface area contributed by atoms with Crippen molar-refractivity contribution in [2.75, 3.05) is 0 Å². The molecule has 1 N–H and O–H groups in total. The lowest BCUT2D eigenvalue weighted by molar-refractivity contribution is -0.117. The molecule has 0 saturated heterocycles. The molecule has 1 atom stereocenters. The fourth-order valence-electron chi connectivity index (χ4n) is 3.16. The Morgan fingerprint density at radius 1 is 1.26 bits per heavy atom. The summed E-state index contributed by atoms with van der Waals surface area (Å²) in [5, 5.41) is 10.9. The Kier molecular flexibility index (Phi) is 4.33. The molecule has 1 aromatic carbocycles. The van der Waals surface area contributed by atoms with Crippen molar-refractivity contribution in [3.63, 3.8) is 0 Å². The third-order valence-electron chi connectivity index (χ3n) is 4.54. The Balaban J connectivity index is 1.84. The molecule has 3 rings (SSSR count). The maximum Gasteiger partial charge on any atom is 0.168 e. The number of rotatable bonds is 4. The van der Waals surface area contributed by atoms with E-state index < -0.39 is 0 Å². The quantitative estimate of drug-likeness (QED) is 0.784. The van der Waals surface area contributed by atoms with Gasteiger partial charge in [-0.15, -0.1) is 0 Å². The summed E-state index contributed by atoms with van der Waals surface area (Å²) in [6.45, 7) is 3.99. The van der Waals surface area contributed by atoms with Crippen LogP contribution in [0, 0.1) is 11.3 Å². The molecule has 2 aliphatic rings. The number of carbonyl (C=O) groups excluding carboxylic acids is 1. The van der Waals surface area contributed by atoms with Crippen LogP contribution in [0.25, 0.3) is 0 Å². The molecule has 23 heavy (non-hydrogen) atoms. The summed E-state index contributed by atoms with van der Waals surface area (Å²) in [4.78, 5) is 16.9. The van der Waals surface area contributed by atoms with Crippen molar-refractivity contribution < 1.29 is 9.90 Å². The number of carbonyl (C=O) groups is 1. The number of aliphatic hydroxyl groups is 1. The highest BCUT2D eigenvalue weighted by molar-refractivity contribution is 6.30. The number of Topliss-reactive ketones (excluding diaryl/α,β-unsaturated/α-hetero) is 1. The van der Waals surface area contributed by atoms with Gasteiger partial charge in [-0.2, -0.15) is 0 Å². The molecule has 0 heterocycles. The van der Waals surface area contributed by atoms with Crippen molar-refractivity contribution in [2.24, 2.45) is 16.3 Å².